The lowest BCUT2D eigenvalue weighted by atomic mass is 10.2. The molecule has 4 nitrogen and oxygen atoms in total. The molecule has 1 aromatic carbocycles. The Morgan fingerprint density at radius 2 is 2.05 bits per heavy atom. The second kappa shape index (κ2) is 7.99. The summed E-state index contributed by atoms with van der Waals surface area (Å²) in [7, 11) is 2.12. The number of nitrogens with zero attached hydrogens (tertiary/aromatic N) is 2. The summed E-state index contributed by atoms with van der Waals surface area (Å²) in [5, 5.41) is 8.74. The van der Waals surface area contributed by atoms with Crippen LogP contribution in [0.5, 0.6) is 5.75 Å². The predicted molar refractivity (Wildman–Crippen MR) is 79.8 cm³/mol. The van der Waals surface area contributed by atoms with Crippen molar-refractivity contribution in [2.45, 2.75) is 0 Å². The summed E-state index contributed by atoms with van der Waals surface area (Å²) in [6, 6.07) is 4.27. The van der Waals surface area contributed by atoms with Crippen molar-refractivity contribution in [1.29, 1.82) is 0 Å². The third kappa shape index (κ3) is 5.01. The van der Waals surface area contributed by atoms with E-state index in [2.05, 4.69) is 28.7 Å². The van der Waals surface area contributed by atoms with Gasteiger partial charge in [0.1, 0.15) is 24.8 Å². The molecule has 21 heavy (non-hydrogen) atoms. The van der Waals surface area contributed by atoms with Gasteiger partial charge in [-0.3, -0.25) is 4.90 Å². The minimum absolute atomic E-state index is 0.253. The molecule has 0 saturated carbocycles. The standard InChI is InChI=1S/C16H21FN2O2/c1-18-6-8-19(9-7-18)10-12-21-16-5-4-15(17)13-14(16)3-2-11-20/h4-5,13,20H,6-12H2,1H3. The van der Waals surface area contributed by atoms with Crippen molar-refractivity contribution in [2.75, 3.05) is 53.0 Å². The zero-order valence-electron chi connectivity index (χ0n) is 12.3. The molecule has 1 aromatic rings. The molecule has 0 spiro atoms. The first kappa shape index (κ1) is 15.8. The fourth-order valence-corrected chi connectivity index (χ4v) is 2.22. The van der Waals surface area contributed by atoms with E-state index in [9.17, 15) is 4.39 Å². The molecular formula is C16H21FN2O2. The largest absolute Gasteiger partial charge is 0.491 e. The Morgan fingerprint density at radius 1 is 1.29 bits per heavy atom. The Morgan fingerprint density at radius 3 is 2.76 bits per heavy atom. The normalized spacial score (nSPS) is 16.3. The molecule has 1 saturated heterocycles. The van der Waals surface area contributed by atoms with E-state index >= 15 is 0 Å². The molecule has 0 atom stereocenters. The van der Waals surface area contributed by atoms with E-state index in [0.717, 1.165) is 32.7 Å². The topological polar surface area (TPSA) is 35.9 Å². The number of piperazine rings is 1. The Balaban J connectivity index is 1.88. The van der Waals surface area contributed by atoms with Gasteiger partial charge >= 0.3 is 0 Å². The van der Waals surface area contributed by atoms with Gasteiger partial charge in [0.05, 0.1) is 5.56 Å². The van der Waals surface area contributed by atoms with Crippen molar-refractivity contribution < 1.29 is 14.2 Å². The number of aliphatic hydroxyl groups excluding tert-OH is 1. The van der Waals surface area contributed by atoms with Crippen molar-refractivity contribution >= 4 is 0 Å². The molecule has 0 bridgehead atoms. The number of benzene rings is 1. The van der Waals surface area contributed by atoms with Crippen molar-refractivity contribution in [3.63, 3.8) is 0 Å². The highest BCUT2D eigenvalue weighted by atomic mass is 19.1. The highest BCUT2D eigenvalue weighted by Crippen LogP contribution is 2.18. The zero-order chi connectivity index (χ0) is 15.1. The number of halogens is 1. The molecule has 1 heterocycles. The van der Waals surface area contributed by atoms with Gasteiger partial charge in [-0.05, 0) is 25.2 Å². The van der Waals surface area contributed by atoms with Gasteiger partial charge in [-0.1, -0.05) is 11.8 Å². The number of hydrogen-bond donors (Lipinski definition) is 1. The molecule has 0 radical (unpaired) electrons. The summed E-state index contributed by atoms with van der Waals surface area (Å²) in [6.07, 6.45) is 0. The Kier molecular flexibility index (Phi) is 6.00. The number of rotatable bonds is 4. The fraction of sp³-hybridized carbons (Fsp3) is 0.500. The van der Waals surface area contributed by atoms with Crippen LogP contribution in [-0.2, 0) is 0 Å². The molecule has 1 aliphatic rings. The van der Waals surface area contributed by atoms with Crippen molar-refractivity contribution in [3.8, 4) is 17.6 Å². The minimum Gasteiger partial charge on any atom is -0.491 e. The first-order valence-corrected chi connectivity index (χ1v) is 7.12. The van der Waals surface area contributed by atoms with E-state index in [0.29, 0.717) is 17.9 Å². The number of ether oxygens (including phenoxy) is 1. The summed E-state index contributed by atoms with van der Waals surface area (Å²) in [4.78, 5) is 4.66. The summed E-state index contributed by atoms with van der Waals surface area (Å²) in [5.41, 5.74) is 0.474. The van der Waals surface area contributed by atoms with Gasteiger partial charge in [0.2, 0.25) is 0 Å². The van der Waals surface area contributed by atoms with E-state index in [4.69, 9.17) is 9.84 Å². The maximum Gasteiger partial charge on any atom is 0.135 e. The van der Waals surface area contributed by atoms with Gasteiger partial charge in [0, 0.05) is 32.7 Å². The summed E-state index contributed by atoms with van der Waals surface area (Å²) in [6.45, 7) is 5.37. The van der Waals surface area contributed by atoms with Gasteiger partial charge in [-0.15, -0.1) is 0 Å². The Labute approximate surface area is 125 Å². The maximum atomic E-state index is 13.2. The maximum absolute atomic E-state index is 13.2. The molecule has 0 unspecified atom stereocenters. The van der Waals surface area contributed by atoms with Crippen molar-refractivity contribution in [3.05, 3.63) is 29.6 Å². The lowest BCUT2D eigenvalue weighted by Gasteiger charge is -2.32. The van der Waals surface area contributed by atoms with Gasteiger partial charge in [-0.2, -0.15) is 0 Å². The fourth-order valence-electron chi connectivity index (χ4n) is 2.22. The third-order valence-electron chi connectivity index (χ3n) is 3.50. The molecule has 1 aliphatic heterocycles. The molecule has 2 rings (SSSR count). The van der Waals surface area contributed by atoms with Gasteiger partial charge in [0.25, 0.3) is 0 Å². The van der Waals surface area contributed by atoms with Crippen LogP contribution in [0.4, 0.5) is 4.39 Å². The van der Waals surface area contributed by atoms with Crippen LogP contribution in [0, 0.1) is 17.7 Å². The smallest absolute Gasteiger partial charge is 0.135 e. The van der Waals surface area contributed by atoms with Crippen LogP contribution in [0.1, 0.15) is 5.56 Å². The molecule has 0 amide bonds. The highest BCUT2D eigenvalue weighted by Gasteiger charge is 2.13. The number of hydrogen-bond acceptors (Lipinski definition) is 4. The second-order valence-electron chi connectivity index (χ2n) is 5.09. The Hall–Kier alpha value is -1.61. The van der Waals surface area contributed by atoms with E-state index in [1.54, 1.807) is 6.07 Å². The molecule has 5 heteroatoms. The first-order chi connectivity index (χ1) is 10.2. The molecule has 0 aromatic heterocycles. The van der Waals surface area contributed by atoms with Crippen LogP contribution < -0.4 is 4.74 Å². The van der Waals surface area contributed by atoms with Crippen LogP contribution >= 0.6 is 0 Å². The molecule has 0 aliphatic carbocycles. The van der Waals surface area contributed by atoms with E-state index < -0.39 is 0 Å². The average Bonchev–Trinajstić information content (AvgIpc) is 2.49. The summed E-state index contributed by atoms with van der Waals surface area (Å²) in [5.74, 6) is 5.44. The van der Waals surface area contributed by atoms with Crippen LogP contribution in [0.3, 0.4) is 0 Å². The van der Waals surface area contributed by atoms with Crippen molar-refractivity contribution in [1.82, 2.24) is 9.80 Å². The molecule has 114 valence electrons. The van der Waals surface area contributed by atoms with Crippen LogP contribution in [-0.4, -0.2) is 67.9 Å². The van der Waals surface area contributed by atoms with Crippen LogP contribution in [0.25, 0.3) is 0 Å². The highest BCUT2D eigenvalue weighted by molar-refractivity contribution is 5.46. The zero-order valence-corrected chi connectivity index (χ0v) is 12.3. The minimum atomic E-state index is -0.358. The Bertz CT molecular complexity index is 517. The SMILES string of the molecule is CN1CCN(CCOc2ccc(F)cc2C#CCO)CC1. The lowest BCUT2D eigenvalue weighted by molar-refractivity contribution is 0.133. The lowest BCUT2D eigenvalue weighted by Crippen LogP contribution is -2.45. The summed E-state index contributed by atoms with van der Waals surface area (Å²) < 4.78 is 18.9. The van der Waals surface area contributed by atoms with Crippen molar-refractivity contribution in [2.24, 2.45) is 0 Å². The third-order valence-corrected chi connectivity index (χ3v) is 3.50. The van der Waals surface area contributed by atoms with E-state index in [1.807, 2.05) is 0 Å². The first-order valence-electron chi connectivity index (χ1n) is 7.12. The van der Waals surface area contributed by atoms with Crippen LogP contribution in [0.2, 0.25) is 0 Å². The number of likely N-dealkylation sites (N-methyl/N-ethyl adjacent to an activating group) is 1. The van der Waals surface area contributed by atoms with Crippen LogP contribution in [0.15, 0.2) is 18.2 Å². The van der Waals surface area contributed by atoms with Gasteiger partial charge < -0.3 is 14.7 Å². The average molecular weight is 292 g/mol. The second-order valence-corrected chi connectivity index (χ2v) is 5.09. The van der Waals surface area contributed by atoms with E-state index in [1.165, 1.54) is 12.1 Å². The quantitative estimate of drug-likeness (QED) is 0.833. The molecule has 1 fully saturated rings. The monoisotopic (exact) mass is 292 g/mol. The molecule has 1 N–H and O–H groups in total. The summed E-state index contributed by atoms with van der Waals surface area (Å²) >= 11 is 0. The number of aliphatic hydroxyl groups is 1. The predicted octanol–water partition coefficient (Wildman–Crippen LogP) is 0.796. The molecular weight excluding hydrogens is 271 g/mol. The van der Waals surface area contributed by atoms with Gasteiger partial charge in [-0.25, -0.2) is 4.39 Å². The van der Waals surface area contributed by atoms with E-state index in [-0.39, 0.29) is 12.4 Å². The van der Waals surface area contributed by atoms with Gasteiger partial charge in [0.15, 0.2) is 0 Å².